The molecule has 2 saturated heterocycles. The van der Waals surface area contributed by atoms with Gasteiger partial charge in [-0.3, -0.25) is 4.79 Å². The third-order valence-electron chi connectivity index (χ3n) is 7.20. The van der Waals surface area contributed by atoms with Gasteiger partial charge >= 0.3 is 0 Å². The van der Waals surface area contributed by atoms with Crippen LogP contribution in [-0.2, 0) is 14.2 Å². The quantitative estimate of drug-likeness (QED) is 0.145. The van der Waals surface area contributed by atoms with Crippen molar-refractivity contribution in [2.45, 2.75) is 55.5 Å². The molecule has 2 aliphatic rings. The molecule has 9 N–H and O–H groups in total. The molecule has 10 unspecified atom stereocenters. The van der Waals surface area contributed by atoms with E-state index >= 15 is 0 Å². The van der Waals surface area contributed by atoms with Crippen LogP contribution < -0.4 is 10.2 Å². The molecular formula is C27H30O15. The number of phenols is 2. The maximum absolute atomic E-state index is 12.7. The van der Waals surface area contributed by atoms with E-state index in [2.05, 4.69) is 0 Å². The van der Waals surface area contributed by atoms with Crippen molar-refractivity contribution in [1.82, 2.24) is 0 Å². The first kappa shape index (κ1) is 30.1. The highest BCUT2D eigenvalue weighted by atomic mass is 16.8. The van der Waals surface area contributed by atoms with E-state index in [0.717, 1.165) is 6.07 Å². The lowest BCUT2D eigenvalue weighted by molar-refractivity contribution is -0.344. The van der Waals surface area contributed by atoms with Crippen molar-refractivity contribution in [1.29, 1.82) is 0 Å². The molecule has 228 valence electrons. The van der Waals surface area contributed by atoms with Crippen molar-refractivity contribution in [2.75, 3.05) is 13.2 Å². The second-order valence-corrected chi connectivity index (χ2v) is 10.0. The minimum Gasteiger partial charge on any atom is -0.508 e. The van der Waals surface area contributed by atoms with Gasteiger partial charge in [0.15, 0.2) is 18.0 Å². The van der Waals surface area contributed by atoms with Crippen LogP contribution in [0.25, 0.3) is 22.3 Å². The number of aromatic hydroxyl groups is 2. The van der Waals surface area contributed by atoms with Gasteiger partial charge in [0.2, 0.25) is 6.29 Å². The number of ether oxygens (including phenoxy) is 4. The highest BCUT2D eigenvalue weighted by Gasteiger charge is 2.48. The topological polar surface area (TPSA) is 249 Å². The zero-order chi connectivity index (χ0) is 30.3. The molecule has 0 amide bonds. The van der Waals surface area contributed by atoms with Crippen LogP contribution in [0.1, 0.15) is 0 Å². The summed E-state index contributed by atoms with van der Waals surface area (Å²) >= 11 is 0. The fraction of sp³-hybridized carbons (Fsp3) is 0.444. The molecule has 0 aliphatic carbocycles. The van der Waals surface area contributed by atoms with E-state index in [0.29, 0.717) is 5.56 Å². The van der Waals surface area contributed by atoms with Crippen molar-refractivity contribution in [3.63, 3.8) is 0 Å². The first-order valence-corrected chi connectivity index (χ1v) is 12.9. The lowest BCUT2D eigenvalue weighted by Crippen LogP contribution is -2.61. The Morgan fingerprint density at radius 3 is 2.19 bits per heavy atom. The number of benzene rings is 2. The molecule has 0 bridgehead atoms. The van der Waals surface area contributed by atoms with Gasteiger partial charge < -0.3 is 69.3 Å². The van der Waals surface area contributed by atoms with Gasteiger partial charge in [-0.25, -0.2) is 0 Å². The standard InChI is InChI=1S/C27H30O15/c28-8-13-20(32)23(35)25(37)42-26(13)38-9-18-21(33)22(34)24(36)27(41-18)39-12-5-14(30)19-15(31)7-16(40-17(19)6-12)10-1-3-11(29)4-2-10/h1-7,13,18,20-30,32-37H,8-9H2. The van der Waals surface area contributed by atoms with Crippen molar-refractivity contribution in [3.05, 3.63) is 52.7 Å². The molecule has 0 saturated carbocycles. The van der Waals surface area contributed by atoms with E-state index in [1.165, 1.54) is 36.4 Å². The summed E-state index contributed by atoms with van der Waals surface area (Å²) in [6.07, 6.45) is -14.9. The lowest BCUT2D eigenvalue weighted by Gasteiger charge is -2.42. The van der Waals surface area contributed by atoms with Crippen LogP contribution in [-0.4, -0.2) is 115 Å². The highest BCUT2D eigenvalue weighted by Crippen LogP contribution is 2.34. The predicted octanol–water partition coefficient (Wildman–Crippen LogP) is -1.92. The van der Waals surface area contributed by atoms with Crippen LogP contribution in [0, 0.1) is 5.92 Å². The Morgan fingerprint density at radius 2 is 1.50 bits per heavy atom. The summed E-state index contributed by atoms with van der Waals surface area (Å²) in [4.78, 5) is 12.7. The maximum atomic E-state index is 12.7. The normalized spacial score (nSPS) is 33.5. The van der Waals surface area contributed by atoms with Crippen LogP contribution in [0.15, 0.2) is 51.7 Å². The molecule has 10 atom stereocenters. The smallest absolute Gasteiger partial charge is 0.229 e. The average Bonchev–Trinajstić information content (AvgIpc) is 2.95. The van der Waals surface area contributed by atoms with Crippen LogP contribution in [0.4, 0.5) is 0 Å². The number of rotatable bonds is 7. The van der Waals surface area contributed by atoms with Crippen LogP contribution >= 0.6 is 0 Å². The fourth-order valence-corrected chi connectivity index (χ4v) is 4.81. The molecule has 0 spiro atoms. The molecular weight excluding hydrogens is 564 g/mol. The van der Waals surface area contributed by atoms with Gasteiger partial charge in [-0.15, -0.1) is 0 Å². The molecule has 15 heteroatoms. The van der Waals surface area contributed by atoms with Gasteiger partial charge in [0.1, 0.15) is 64.5 Å². The van der Waals surface area contributed by atoms with E-state index in [1.54, 1.807) is 0 Å². The van der Waals surface area contributed by atoms with E-state index in [9.17, 15) is 50.8 Å². The number of aliphatic hydroxyl groups is 7. The SMILES string of the molecule is O=c1cc(-c2ccc(O)cc2)oc2cc(OC3OC(COC4OC(O)C(O)C(O)C4CO)C(O)C(O)C3O)cc(O)c12. The number of aliphatic hydroxyl groups excluding tert-OH is 7. The van der Waals surface area contributed by atoms with Crippen molar-refractivity contribution < 1.29 is 69.3 Å². The molecule has 2 fully saturated rings. The summed E-state index contributed by atoms with van der Waals surface area (Å²) in [6, 6.07) is 9.31. The first-order chi connectivity index (χ1) is 20.0. The predicted molar refractivity (Wildman–Crippen MR) is 138 cm³/mol. The average molecular weight is 595 g/mol. The summed E-state index contributed by atoms with van der Waals surface area (Å²) in [5.41, 5.74) is -0.194. The Morgan fingerprint density at radius 1 is 0.786 bits per heavy atom. The van der Waals surface area contributed by atoms with Crippen LogP contribution in [0.3, 0.4) is 0 Å². The Hall–Kier alpha value is -3.35. The van der Waals surface area contributed by atoms with Gasteiger partial charge in [0.25, 0.3) is 0 Å². The molecule has 5 rings (SSSR count). The summed E-state index contributed by atoms with van der Waals surface area (Å²) in [5.74, 6) is -1.70. The van der Waals surface area contributed by atoms with E-state index < -0.39 is 85.8 Å². The first-order valence-electron chi connectivity index (χ1n) is 12.9. The number of hydrogen-bond acceptors (Lipinski definition) is 15. The maximum Gasteiger partial charge on any atom is 0.229 e. The minimum atomic E-state index is -1.83. The monoisotopic (exact) mass is 594 g/mol. The zero-order valence-corrected chi connectivity index (χ0v) is 21.7. The molecule has 15 nitrogen and oxygen atoms in total. The lowest BCUT2D eigenvalue weighted by atomic mass is 9.94. The molecule has 1 aromatic heterocycles. The molecule has 3 aromatic rings. The third-order valence-corrected chi connectivity index (χ3v) is 7.20. The van der Waals surface area contributed by atoms with Gasteiger partial charge in [-0.1, -0.05) is 0 Å². The number of phenolic OH excluding ortho intramolecular Hbond substituents is 2. The van der Waals surface area contributed by atoms with Crippen molar-refractivity contribution in [3.8, 4) is 28.6 Å². The Labute approximate surface area is 236 Å². The minimum absolute atomic E-state index is 0.00531. The zero-order valence-electron chi connectivity index (χ0n) is 21.7. The van der Waals surface area contributed by atoms with E-state index in [1.807, 2.05) is 0 Å². The van der Waals surface area contributed by atoms with Gasteiger partial charge in [0.05, 0.1) is 25.2 Å². The van der Waals surface area contributed by atoms with Crippen molar-refractivity contribution >= 4 is 11.0 Å². The Balaban J connectivity index is 1.35. The second-order valence-electron chi connectivity index (χ2n) is 10.0. The van der Waals surface area contributed by atoms with Gasteiger partial charge in [-0.2, -0.15) is 0 Å². The molecule has 0 radical (unpaired) electrons. The molecule has 2 aliphatic heterocycles. The number of fused-ring (bicyclic) bond motifs is 1. The summed E-state index contributed by atoms with van der Waals surface area (Å²) in [6.45, 7) is -1.23. The van der Waals surface area contributed by atoms with Crippen molar-refractivity contribution in [2.24, 2.45) is 5.92 Å². The highest BCUT2D eigenvalue weighted by molar-refractivity contribution is 5.86. The summed E-state index contributed by atoms with van der Waals surface area (Å²) < 4.78 is 27.6. The second kappa shape index (κ2) is 12.1. The van der Waals surface area contributed by atoms with Gasteiger partial charge in [-0.05, 0) is 24.3 Å². The Kier molecular flexibility index (Phi) is 8.68. The van der Waals surface area contributed by atoms with Crippen LogP contribution in [0.2, 0.25) is 0 Å². The van der Waals surface area contributed by atoms with E-state index in [-0.39, 0.29) is 28.2 Å². The third kappa shape index (κ3) is 5.80. The number of hydrogen-bond donors (Lipinski definition) is 9. The van der Waals surface area contributed by atoms with Gasteiger partial charge in [0, 0.05) is 23.8 Å². The van der Waals surface area contributed by atoms with Crippen LogP contribution in [0.5, 0.6) is 17.2 Å². The fourth-order valence-electron chi connectivity index (χ4n) is 4.81. The van der Waals surface area contributed by atoms with E-state index in [4.69, 9.17) is 23.4 Å². The largest absolute Gasteiger partial charge is 0.508 e. The Bertz CT molecular complexity index is 1440. The molecule has 2 aromatic carbocycles. The molecule has 3 heterocycles. The summed E-state index contributed by atoms with van der Waals surface area (Å²) in [7, 11) is 0. The summed E-state index contributed by atoms with van der Waals surface area (Å²) in [5, 5.41) is 90.5. The molecule has 42 heavy (non-hydrogen) atoms.